The molecule has 0 bridgehead atoms. The summed E-state index contributed by atoms with van der Waals surface area (Å²) in [6.45, 7) is 8.85. The van der Waals surface area contributed by atoms with Crippen molar-refractivity contribution in [3.63, 3.8) is 0 Å². The van der Waals surface area contributed by atoms with Crippen LogP contribution >= 0.6 is 11.9 Å². The predicted octanol–water partition coefficient (Wildman–Crippen LogP) is 5.41. The Kier molecular flexibility index (Phi) is 6.45. The van der Waals surface area contributed by atoms with Crippen LogP contribution in [0.5, 0.6) is 0 Å². The molecule has 0 saturated heterocycles. The Morgan fingerprint density at radius 1 is 1.25 bits per heavy atom. The van der Waals surface area contributed by atoms with Crippen molar-refractivity contribution in [2.75, 3.05) is 0 Å². The van der Waals surface area contributed by atoms with Gasteiger partial charge in [0.2, 0.25) is 0 Å². The zero-order valence-electron chi connectivity index (χ0n) is 17.2. The molecule has 1 heterocycles. The van der Waals surface area contributed by atoms with E-state index in [1.165, 1.54) is 17.5 Å². The molecule has 4 nitrogen and oxygen atoms in total. The Labute approximate surface area is 172 Å². The topological polar surface area (TPSA) is 62.8 Å². The number of hydrogen-bond acceptors (Lipinski definition) is 4. The van der Waals surface area contributed by atoms with Gasteiger partial charge in [-0.15, -0.1) is 0 Å². The van der Waals surface area contributed by atoms with Gasteiger partial charge in [0.25, 0.3) is 0 Å². The number of dihydropyridines is 1. The van der Waals surface area contributed by atoms with Crippen LogP contribution in [0.2, 0.25) is 0 Å². The molecule has 0 fully saturated rings. The highest BCUT2D eigenvalue weighted by Gasteiger charge is 2.29. The van der Waals surface area contributed by atoms with Gasteiger partial charge in [0.1, 0.15) is 11.7 Å². The smallest absolute Gasteiger partial charge is 0.142 e. The molecule has 28 heavy (non-hydrogen) atoms. The molecule has 0 radical (unpaired) electrons. The lowest BCUT2D eigenvalue weighted by Gasteiger charge is -2.31. The monoisotopic (exact) mass is 394 g/mol. The molecule has 5 heteroatoms. The van der Waals surface area contributed by atoms with Gasteiger partial charge in [-0.3, -0.25) is 4.99 Å². The van der Waals surface area contributed by atoms with Crippen molar-refractivity contribution in [3.8, 4) is 0 Å². The van der Waals surface area contributed by atoms with E-state index in [2.05, 4.69) is 55.6 Å². The molecule has 1 aliphatic carbocycles. The fourth-order valence-electron chi connectivity index (χ4n) is 3.16. The molecular weight excluding hydrogens is 364 g/mol. The number of nitrogens with two attached hydrogens (primary N) is 1. The lowest BCUT2D eigenvalue weighted by atomic mass is 9.83. The molecule has 1 atom stereocenters. The summed E-state index contributed by atoms with van der Waals surface area (Å²) >= 11 is 1.39. The first-order valence-corrected chi connectivity index (χ1v) is 10.6. The SMILES string of the molecule is CC1=C(NC2=NC(C(C)(C)C)CC=C2/C(N)=N/Sc2ccccc2)C=CCC1. The van der Waals surface area contributed by atoms with Crippen LogP contribution in [-0.2, 0) is 0 Å². The highest BCUT2D eigenvalue weighted by Crippen LogP contribution is 2.30. The van der Waals surface area contributed by atoms with Gasteiger partial charge in [0, 0.05) is 22.5 Å². The number of nitrogens with zero attached hydrogens (tertiary/aromatic N) is 2. The zero-order valence-corrected chi connectivity index (χ0v) is 18.0. The van der Waals surface area contributed by atoms with E-state index in [9.17, 15) is 0 Å². The zero-order chi connectivity index (χ0) is 20.1. The minimum atomic E-state index is 0.0888. The van der Waals surface area contributed by atoms with E-state index in [0.717, 1.165) is 41.3 Å². The van der Waals surface area contributed by atoms with E-state index in [0.29, 0.717) is 5.84 Å². The number of hydrogen-bond donors (Lipinski definition) is 2. The summed E-state index contributed by atoms with van der Waals surface area (Å²) in [5, 5.41) is 3.54. The van der Waals surface area contributed by atoms with E-state index >= 15 is 0 Å². The first-order valence-electron chi connectivity index (χ1n) is 9.82. The van der Waals surface area contributed by atoms with Crippen LogP contribution in [-0.4, -0.2) is 17.7 Å². The average molecular weight is 395 g/mol. The number of benzene rings is 1. The van der Waals surface area contributed by atoms with E-state index < -0.39 is 0 Å². The highest BCUT2D eigenvalue weighted by atomic mass is 32.2. The Morgan fingerprint density at radius 3 is 2.68 bits per heavy atom. The van der Waals surface area contributed by atoms with Gasteiger partial charge in [-0.05, 0) is 55.4 Å². The predicted molar refractivity (Wildman–Crippen MR) is 122 cm³/mol. The van der Waals surface area contributed by atoms with Crippen LogP contribution in [0.1, 0.15) is 47.0 Å². The molecule has 148 valence electrons. The molecule has 0 spiro atoms. The van der Waals surface area contributed by atoms with E-state index in [1.54, 1.807) is 0 Å². The van der Waals surface area contributed by atoms with Crippen molar-refractivity contribution in [1.29, 1.82) is 0 Å². The number of aliphatic imine (C=N–C) groups is 1. The van der Waals surface area contributed by atoms with Crippen LogP contribution < -0.4 is 11.1 Å². The van der Waals surface area contributed by atoms with Crippen molar-refractivity contribution >= 4 is 23.6 Å². The van der Waals surface area contributed by atoms with E-state index in [1.807, 2.05) is 30.3 Å². The first-order chi connectivity index (χ1) is 13.3. The third kappa shape index (κ3) is 5.16. The molecule has 1 aliphatic heterocycles. The van der Waals surface area contributed by atoms with Crippen molar-refractivity contribution < 1.29 is 0 Å². The number of rotatable bonds is 4. The Balaban J connectivity index is 1.86. The third-order valence-corrected chi connectivity index (χ3v) is 5.81. The molecule has 0 amide bonds. The summed E-state index contributed by atoms with van der Waals surface area (Å²) in [6, 6.07) is 10.3. The van der Waals surface area contributed by atoms with Gasteiger partial charge in [0.15, 0.2) is 0 Å². The van der Waals surface area contributed by atoms with Gasteiger partial charge >= 0.3 is 0 Å². The average Bonchev–Trinajstić information content (AvgIpc) is 2.68. The van der Waals surface area contributed by atoms with E-state index in [-0.39, 0.29) is 11.5 Å². The fraction of sp³-hybridized carbons (Fsp3) is 0.391. The molecule has 1 aromatic carbocycles. The molecule has 0 saturated carbocycles. The lowest BCUT2D eigenvalue weighted by molar-refractivity contribution is 0.322. The van der Waals surface area contributed by atoms with Gasteiger partial charge in [-0.1, -0.05) is 51.1 Å². The number of nitrogens with one attached hydrogen (secondary N) is 1. The van der Waals surface area contributed by atoms with Crippen LogP contribution in [0.25, 0.3) is 0 Å². The van der Waals surface area contributed by atoms with Crippen molar-refractivity contribution in [2.24, 2.45) is 20.5 Å². The van der Waals surface area contributed by atoms with Crippen LogP contribution in [0.15, 0.2) is 79.7 Å². The quantitative estimate of drug-likeness (QED) is 0.408. The minimum Gasteiger partial charge on any atom is -0.383 e. The first kappa shape index (κ1) is 20.5. The Morgan fingerprint density at radius 2 is 2.00 bits per heavy atom. The summed E-state index contributed by atoms with van der Waals surface area (Å²) < 4.78 is 4.56. The summed E-state index contributed by atoms with van der Waals surface area (Å²) in [5.74, 6) is 1.33. The highest BCUT2D eigenvalue weighted by molar-refractivity contribution is 7.98. The van der Waals surface area contributed by atoms with Crippen LogP contribution in [0.3, 0.4) is 0 Å². The molecule has 3 rings (SSSR count). The summed E-state index contributed by atoms with van der Waals surface area (Å²) in [6.07, 6.45) is 9.55. The second kappa shape index (κ2) is 8.82. The largest absolute Gasteiger partial charge is 0.383 e. The maximum atomic E-state index is 6.39. The third-order valence-electron chi connectivity index (χ3n) is 5.04. The van der Waals surface area contributed by atoms with Crippen molar-refractivity contribution in [1.82, 2.24) is 5.32 Å². The van der Waals surface area contributed by atoms with Crippen LogP contribution in [0, 0.1) is 5.41 Å². The van der Waals surface area contributed by atoms with Gasteiger partial charge in [-0.25, -0.2) is 0 Å². The van der Waals surface area contributed by atoms with Gasteiger partial charge in [0.05, 0.1) is 11.6 Å². The van der Waals surface area contributed by atoms with Crippen molar-refractivity contribution in [2.45, 2.75) is 57.9 Å². The number of amidine groups is 2. The minimum absolute atomic E-state index is 0.0888. The number of allylic oxidation sites excluding steroid dienone is 3. The molecule has 2 aliphatic rings. The normalized spacial score (nSPS) is 20.7. The molecule has 1 aromatic rings. The maximum Gasteiger partial charge on any atom is 0.142 e. The fourth-order valence-corrected chi connectivity index (χ4v) is 3.74. The molecule has 0 aromatic heterocycles. The summed E-state index contributed by atoms with van der Waals surface area (Å²) in [7, 11) is 0. The standard InChI is InChI=1S/C23H30N4S/c1-16-10-8-9-13-19(16)25-22-18(14-15-20(26-22)23(2,3)4)21(24)27-28-17-11-6-5-7-12-17/h5-7,9,11-14,20H,8,10,15H2,1-4H3,(H2,24,27)(H,25,26). The maximum absolute atomic E-state index is 6.39. The summed E-state index contributed by atoms with van der Waals surface area (Å²) in [4.78, 5) is 6.10. The molecular formula is C23H30N4S. The molecule has 3 N–H and O–H groups in total. The molecule has 1 unspecified atom stereocenters. The second-order valence-corrected chi connectivity index (χ2v) is 9.19. The van der Waals surface area contributed by atoms with E-state index in [4.69, 9.17) is 10.7 Å². The second-order valence-electron chi connectivity index (χ2n) is 8.35. The van der Waals surface area contributed by atoms with Crippen LogP contribution in [0.4, 0.5) is 0 Å². The summed E-state index contributed by atoms with van der Waals surface area (Å²) in [5.41, 5.74) is 9.83. The Hall–Kier alpha value is -2.27. The lowest BCUT2D eigenvalue weighted by Crippen LogP contribution is -2.38. The van der Waals surface area contributed by atoms with Crippen molar-refractivity contribution in [3.05, 3.63) is 65.4 Å². The Bertz CT molecular complexity index is 854. The van der Waals surface area contributed by atoms with Gasteiger partial charge < -0.3 is 11.1 Å². The van der Waals surface area contributed by atoms with Gasteiger partial charge in [-0.2, -0.15) is 4.40 Å².